The number of rotatable bonds is 8. The minimum atomic E-state index is -0.742. The fourth-order valence-corrected chi connectivity index (χ4v) is 3.36. The quantitative estimate of drug-likeness (QED) is 0.521. The molecule has 0 radical (unpaired) electrons. The third-order valence-corrected chi connectivity index (χ3v) is 4.98. The number of oxazole rings is 1. The SMILES string of the molecule is O=C(CCc1ncc(-c2ccc(F)cc2F)o1)NCCOc1ccc2c(c1)CCC(=O)N2. The normalized spacial score (nSPS) is 12.8. The number of nitrogens with zero attached hydrogens (tertiary/aromatic N) is 1. The molecule has 2 aromatic carbocycles. The van der Waals surface area contributed by atoms with Gasteiger partial charge in [-0.05, 0) is 42.3 Å². The summed E-state index contributed by atoms with van der Waals surface area (Å²) in [6, 6.07) is 8.66. The summed E-state index contributed by atoms with van der Waals surface area (Å²) >= 11 is 0. The van der Waals surface area contributed by atoms with Crippen LogP contribution in [0.1, 0.15) is 24.3 Å². The molecule has 3 aromatic rings. The molecule has 32 heavy (non-hydrogen) atoms. The fraction of sp³-hybridized carbons (Fsp3) is 0.261. The van der Waals surface area contributed by atoms with E-state index >= 15 is 0 Å². The lowest BCUT2D eigenvalue weighted by Gasteiger charge is -2.17. The van der Waals surface area contributed by atoms with Crippen molar-refractivity contribution in [2.75, 3.05) is 18.5 Å². The number of aryl methyl sites for hydroxylation is 2. The van der Waals surface area contributed by atoms with E-state index in [1.807, 2.05) is 12.1 Å². The van der Waals surface area contributed by atoms with Crippen molar-refractivity contribution >= 4 is 17.5 Å². The second-order valence-electron chi connectivity index (χ2n) is 7.31. The molecule has 4 rings (SSSR count). The lowest BCUT2D eigenvalue weighted by atomic mass is 10.0. The summed E-state index contributed by atoms with van der Waals surface area (Å²) in [4.78, 5) is 27.5. The molecule has 0 unspecified atom stereocenters. The van der Waals surface area contributed by atoms with Crippen molar-refractivity contribution in [2.45, 2.75) is 25.7 Å². The minimum Gasteiger partial charge on any atom is -0.492 e. The maximum absolute atomic E-state index is 13.8. The number of anilines is 1. The van der Waals surface area contributed by atoms with E-state index in [0.717, 1.165) is 23.4 Å². The Hall–Kier alpha value is -3.75. The predicted octanol–water partition coefficient (Wildman–Crippen LogP) is 3.63. The molecule has 0 saturated heterocycles. The smallest absolute Gasteiger partial charge is 0.224 e. The first-order valence-corrected chi connectivity index (χ1v) is 10.2. The van der Waals surface area contributed by atoms with E-state index in [4.69, 9.17) is 9.15 Å². The first kappa shape index (κ1) is 21.5. The van der Waals surface area contributed by atoms with Gasteiger partial charge in [0.15, 0.2) is 11.7 Å². The Labute approximate surface area is 182 Å². The Morgan fingerprint density at radius 2 is 2.06 bits per heavy atom. The number of nitrogens with one attached hydrogen (secondary N) is 2. The number of carbonyl (C=O) groups excluding carboxylic acids is 2. The number of ether oxygens (including phenoxy) is 1. The third kappa shape index (κ3) is 5.29. The van der Waals surface area contributed by atoms with Crippen LogP contribution in [0.25, 0.3) is 11.3 Å². The largest absolute Gasteiger partial charge is 0.492 e. The summed E-state index contributed by atoms with van der Waals surface area (Å²) < 4.78 is 38.0. The van der Waals surface area contributed by atoms with Crippen LogP contribution in [0.2, 0.25) is 0 Å². The van der Waals surface area contributed by atoms with Crippen LogP contribution in [-0.2, 0) is 22.4 Å². The standard InChI is InChI=1S/C23H21F2N3O4/c24-15-2-4-17(18(25)12-15)20-13-27-23(32-20)8-7-21(29)26-9-10-31-16-3-5-19-14(11-16)1-6-22(30)28-19/h2-5,11-13H,1,6-10H2,(H,26,29)(H,28,30). The maximum Gasteiger partial charge on any atom is 0.224 e. The van der Waals surface area contributed by atoms with Crippen LogP contribution in [0.15, 0.2) is 47.0 Å². The molecular weight excluding hydrogens is 420 g/mol. The molecular formula is C23H21F2N3O4. The Balaban J connectivity index is 1.19. The van der Waals surface area contributed by atoms with Gasteiger partial charge >= 0.3 is 0 Å². The number of carbonyl (C=O) groups is 2. The van der Waals surface area contributed by atoms with E-state index in [1.54, 1.807) is 6.07 Å². The summed E-state index contributed by atoms with van der Waals surface area (Å²) in [5.41, 5.74) is 1.94. The molecule has 1 aromatic heterocycles. The van der Waals surface area contributed by atoms with Crippen LogP contribution in [0, 0.1) is 11.6 Å². The fourth-order valence-electron chi connectivity index (χ4n) is 3.36. The van der Waals surface area contributed by atoms with Crippen molar-refractivity contribution in [3.8, 4) is 17.1 Å². The average Bonchev–Trinajstić information content (AvgIpc) is 3.24. The van der Waals surface area contributed by atoms with E-state index in [1.165, 1.54) is 12.3 Å². The van der Waals surface area contributed by atoms with Crippen LogP contribution in [0.3, 0.4) is 0 Å². The van der Waals surface area contributed by atoms with E-state index in [-0.39, 0.29) is 41.9 Å². The van der Waals surface area contributed by atoms with Gasteiger partial charge in [-0.3, -0.25) is 9.59 Å². The highest BCUT2D eigenvalue weighted by Crippen LogP contribution is 2.27. The Bertz CT molecular complexity index is 1150. The minimum absolute atomic E-state index is 0.0115. The van der Waals surface area contributed by atoms with Crippen molar-refractivity contribution < 1.29 is 27.5 Å². The monoisotopic (exact) mass is 441 g/mol. The average molecular weight is 441 g/mol. The van der Waals surface area contributed by atoms with E-state index < -0.39 is 11.6 Å². The number of hydrogen-bond donors (Lipinski definition) is 2. The zero-order valence-corrected chi connectivity index (χ0v) is 17.1. The second-order valence-corrected chi connectivity index (χ2v) is 7.31. The van der Waals surface area contributed by atoms with E-state index in [0.29, 0.717) is 31.7 Å². The zero-order valence-electron chi connectivity index (χ0n) is 17.1. The van der Waals surface area contributed by atoms with Gasteiger partial charge in [0.1, 0.15) is 24.0 Å². The molecule has 0 fully saturated rings. The van der Waals surface area contributed by atoms with Gasteiger partial charge in [-0.1, -0.05) is 0 Å². The van der Waals surface area contributed by atoms with Crippen molar-refractivity contribution in [1.82, 2.24) is 10.3 Å². The summed E-state index contributed by atoms with van der Waals surface area (Å²) in [5, 5.41) is 5.57. The van der Waals surface area contributed by atoms with Gasteiger partial charge in [0, 0.05) is 31.0 Å². The lowest BCUT2D eigenvalue weighted by molar-refractivity contribution is -0.121. The molecule has 9 heteroatoms. The van der Waals surface area contributed by atoms with E-state index in [9.17, 15) is 18.4 Å². The van der Waals surface area contributed by atoms with Gasteiger partial charge in [0.05, 0.1) is 18.3 Å². The second kappa shape index (κ2) is 9.59. The first-order valence-electron chi connectivity index (χ1n) is 10.2. The number of aromatic nitrogens is 1. The molecule has 2 N–H and O–H groups in total. The van der Waals surface area contributed by atoms with Gasteiger partial charge in [-0.25, -0.2) is 13.8 Å². The number of fused-ring (bicyclic) bond motifs is 1. The Kier molecular flexibility index (Phi) is 6.44. The molecule has 0 atom stereocenters. The highest BCUT2D eigenvalue weighted by atomic mass is 19.1. The number of hydrogen-bond acceptors (Lipinski definition) is 5. The Morgan fingerprint density at radius 1 is 1.19 bits per heavy atom. The molecule has 7 nitrogen and oxygen atoms in total. The zero-order chi connectivity index (χ0) is 22.5. The van der Waals surface area contributed by atoms with Crippen LogP contribution < -0.4 is 15.4 Å². The van der Waals surface area contributed by atoms with Gasteiger partial charge in [0.25, 0.3) is 0 Å². The van der Waals surface area contributed by atoms with Crippen molar-refractivity contribution in [2.24, 2.45) is 0 Å². The lowest BCUT2D eigenvalue weighted by Crippen LogP contribution is -2.28. The molecule has 0 saturated carbocycles. The van der Waals surface area contributed by atoms with Crippen LogP contribution in [0.5, 0.6) is 5.75 Å². The molecule has 0 aliphatic carbocycles. The van der Waals surface area contributed by atoms with Crippen LogP contribution in [-0.4, -0.2) is 29.9 Å². The predicted molar refractivity (Wildman–Crippen MR) is 112 cm³/mol. The van der Waals surface area contributed by atoms with Gasteiger partial charge in [-0.2, -0.15) is 0 Å². The van der Waals surface area contributed by atoms with Crippen molar-refractivity contribution in [3.05, 3.63) is 65.7 Å². The topological polar surface area (TPSA) is 93.5 Å². The van der Waals surface area contributed by atoms with Gasteiger partial charge in [0.2, 0.25) is 11.8 Å². The highest BCUT2D eigenvalue weighted by molar-refractivity contribution is 5.94. The molecule has 2 amide bonds. The Morgan fingerprint density at radius 3 is 2.91 bits per heavy atom. The molecule has 2 heterocycles. The van der Waals surface area contributed by atoms with Crippen molar-refractivity contribution in [3.63, 3.8) is 0 Å². The first-order chi connectivity index (χ1) is 15.5. The third-order valence-electron chi connectivity index (χ3n) is 4.98. The molecule has 1 aliphatic heterocycles. The maximum atomic E-state index is 13.8. The van der Waals surface area contributed by atoms with Crippen LogP contribution in [0.4, 0.5) is 14.5 Å². The summed E-state index contributed by atoms with van der Waals surface area (Å²) in [6.45, 7) is 0.619. The molecule has 1 aliphatic rings. The number of halogens is 2. The van der Waals surface area contributed by atoms with Gasteiger partial charge < -0.3 is 19.8 Å². The molecule has 166 valence electrons. The molecule has 0 spiro atoms. The highest BCUT2D eigenvalue weighted by Gasteiger charge is 2.15. The van der Waals surface area contributed by atoms with Crippen LogP contribution >= 0.6 is 0 Å². The summed E-state index contributed by atoms with van der Waals surface area (Å²) in [7, 11) is 0. The summed E-state index contributed by atoms with van der Waals surface area (Å²) in [6.07, 6.45) is 2.86. The molecule has 0 bridgehead atoms. The van der Waals surface area contributed by atoms with Crippen molar-refractivity contribution in [1.29, 1.82) is 0 Å². The van der Waals surface area contributed by atoms with E-state index in [2.05, 4.69) is 15.6 Å². The van der Waals surface area contributed by atoms with Gasteiger partial charge in [-0.15, -0.1) is 0 Å². The number of benzene rings is 2. The summed E-state index contributed by atoms with van der Waals surface area (Å²) in [5.74, 6) is -0.463. The number of amides is 2.